The number of hydrogen-bond acceptors (Lipinski definition) is 3. The molecule has 1 aromatic heterocycles. The van der Waals surface area contributed by atoms with Gasteiger partial charge in [0.05, 0.1) is 5.41 Å². The van der Waals surface area contributed by atoms with E-state index >= 15 is 0 Å². The second-order valence-corrected chi connectivity index (χ2v) is 5.59. The molecule has 2 N–H and O–H groups in total. The molecule has 0 spiro atoms. The van der Waals surface area contributed by atoms with E-state index in [0.29, 0.717) is 0 Å². The van der Waals surface area contributed by atoms with E-state index < -0.39 is 28.8 Å². The van der Waals surface area contributed by atoms with Crippen molar-refractivity contribution in [1.29, 1.82) is 0 Å². The van der Waals surface area contributed by atoms with E-state index in [2.05, 4.69) is 10.3 Å². The molecule has 0 radical (unpaired) electrons. The predicted octanol–water partition coefficient (Wildman–Crippen LogP) is 3.40. The molecular weight excluding hydrogens is 273 g/mol. The number of carboxylic acid groups (broad SMARTS) is 1. The number of aliphatic carboxylic acids is 1. The molecule has 0 saturated heterocycles. The van der Waals surface area contributed by atoms with Crippen molar-refractivity contribution in [2.24, 2.45) is 5.41 Å². The van der Waals surface area contributed by atoms with Crippen molar-refractivity contribution < 1.29 is 23.1 Å². The average molecular weight is 290 g/mol. The summed E-state index contributed by atoms with van der Waals surface area (Å²) in [4.78, 5) is 14.7. The van der Waals surface area contributed by atoms with Gasteiger partial charge in [-0.1, -0.05) is 6.07 Å². The largest absolute Gasteiger partial charge is 0.481 e. The minimum atomic E-state index is -4.54. The van der Waals surface area contributed by atoms with E-state index in [1.165, 1.54) is 26.0 Å². The number of anilines is 1. The number of alkyl halides is 3. The van der Waals surface area contributed by atoms with Crippen LogP contribution in [0.4, 0.5) is 19.0 Å². The van der Waals surface area contributed by atoms with Gasteiger partial charge in [0.2, 0.25) is 0 Å². The molecule has 0 aromatic carbocycles. The summed E-state index contributed by atoms with van der Waals surface area (Å²) in [6.07, 6.45) is -4.54. The Labute approximate surface area is 115 Å². The lowest BCUT2D eigenvalue weighted by Crippen LogP contribution is -2.50. The van der Waals surface area contributed by atoms with E-state index in [1.54, 1.807) is 13.8 Å². The Morgan fingerprint density at radius 1 is 1.20 bits per heavy atom. The fraction of sp³-hybridized carbons (Fsp3) is 0.538. The van der Waals surface area contributed by atoms with Gasteiger partial charge < -0.3 is 10.4 Å². The first-order valence-electron chi connectivity index (χ1n) is 5.94. The second kappa shape index (κ2) is 4.96. The number of nitrogens with one attached hydrogen (secondary N) is 1. The maximum absolute atomic E-state index is 12.6. The summed E-state index contributed by atoms with van der Waals surface area (Å²) in [6.45, 7) is 6.19. The zero-order chi connectivity index (χ0) is 15.8. The van der Waals surface area contributed by atoms with Crippen molar-refractivity contribution in [3.05, 3.63) is 23.9 Å². The Kier molecular flexibility index (Phi) is 4.03. The van der Waals surface area contributed by atoms with Crippen LogP contribution in [0.25, 0.3) is 0 Å². The minimum Gasteiger partial charge on any atom is -0.481 e. The van der Waals surface area contributed by atoms with Crippen molar-refractivity contribution in [3.8, 4) is 0 Å². The third kappa shape index (κ3) is 3.20. The van der Waals surface area contributed by atoms with Gasteiger partial charge in [-0.05, 0) is 39.8 Å². The highest BCUT2D eigenvalue weighted by molar-refractivity contribution is 5.76. The number of halogens is 3. The predicted molar refractivity (Wildman–Crippen MR) is 68.4 cm³/mol. The molecule has 1 aromatic rings. The highest BCUT2D eigenvalue weighted by Crippen LogP contribution is 2.34. The van der Waals surface area contributed by atoms with Gasteiger partial charge >= 0.3 is 12.1 Å². The molecule has 0 aliphatic heterocycles. The van der Waals surface area contributed by atoms with E-state index in [9.17, 15) is 23.1 Å². The first-order chi connectivity index (χ1) is 8.88. The van der Waals surface area contributed by atoms with Gasteiger partial charge in [0.15, 0.2) is 0 Å². The van der Waals surface area contributed by atoms with Gasteiger partial charge in [0, 0.05) is 5.54 Å². The zero-order valence-corrected chi connectivity index (χ0v) is 11.7. The summed E-state index contributed by atoms with van der Waals surface area (Å²) in [5, 5.41) is 12.0. The minimum absolute atomic E-state index is 0.0147. The normalized spacial score (nSPS) is 13.2. The quantitative estimate of drug-likeness (QED) is 0.892. The number of rotatable bonds is 4. The molecule has 4 nitrogen and oxygen atoms in total. The van der Waals surface area contributed by atoms with Crippen LogP contribution in [0.1, 0.15) is 33.4 Å². The fourth-order valence-corrected chi connectivity index (χ4v) is 1.41. The van der Waals surface area contributed by atoms with Gasteiger partial charge in [-0.3, -0.25) is 4.79 Å². The van der Waals surface area contributed by atoms with Gasteiger partial charge in [-0.25, -0.2) is 4.98 Å². The summed E-state index contributed by atoms with van der Waals surface area (Å²) in [6, 6.07) is 3.46. The van der Waals surface area contributed by atoms with Crippen LogP contribution in [0.2, 0.25) is 0 Å². The van der Waals surface area contributed by atoms with Crippen molar-refractivity contribution >= 4 is 11.8 Å². The van der Waals surface area contributed by atoms with Crippen LogP contribution in [-0.4, -0.2) is 21.6 Å². The van der Waals surface area contributed by atoms with Gasteiger partial charge in [0.1, 0.15) is 11.5 Å². The topological polar surface area (TPSA) is 62.2 Å². The van der Waals surface area contributed by atoms with Crippen LogP contribution in [0.15, 0.2) is 18.2 Å². The van der Waals surface area contributed by atoms with Crippen molar-refractivity contribution in [2.45, 2.75) is 39.4 Å². The Hall–Kier alpha value is -1.79. The van der Waals surface area contributed by atoms with Crippen LogP contribution in [-0.2, 0) is 11.0 Å². The fourth-order valence-electron chi connectivity index (χ4n) is 1.41. The van der Waals surface area contributed by atoms with Crippen LogP contribution in [0.5, 0.6) is 0 Å². The lowest BCUT2D eigenvalue weighted by molar-refractivity contribution is -0.149. The van der Waals surface area contributed by atoms with Gasteiger partial charge in [-0.2, -0.15) is 13.2 Å². The van der Waals surface area contributed by atoms with Gasteiger partial charge in [0.25, 0.3) is 0 Å². The maximum Gasteiger partial charge on any atom is 0.433 e. The van der Waals surface area contributed by atoms with Crippen LogP contribution >= 0.6 is 0 Å². The molecule has 1 rings (SSSR count). The third-order valence-corrected chi connectivity index (χ3v) is 3.58. The smallest absolute Gasteiger partial charge is 0.433 e. The number of carboxylic acids is 1. The van der Waals surface area contributed by atoms with Gasteiger partial charge in [-0.15, -0.1) is 0 Å². The number of hydrogen-bond donors (Lipinski definition) is 2. The Morgan fingerprint density at radius 2 is 1.75 bits per heavy atom. The van der Waals surface area contributed by atoms with Crippen LogP contribution in [0.3, 0.4) is 0 Å². The molecule has 20 heavy (non-hydrogen) atoms. The standard InChI is InChI=1S/C13H17F3N2O2/c1-11(2,10(19)20)12(3,4)18-9-7-5-6-8(17-9)13(14,15)16/h5-7H,1-4H3,(H,17,18)(H,19,20). The molecular formula is C13H17F3N2O2. The molecule has 0 amide bonds. The molecule has 0 saturated carbocycles. The van der Waals surface area contributed by atoms with Crippen molar-refractivity contribution in [2.75, 3.05) is 5.32 Å². The van der Waals surface area contributed by atoms with E-state index in [4.69, 9.17) is 0 Å². The van der Waals surface area contributed by atoms with E-state index in [1.807, 2.05) is 0 Å². The molecule has 0 aliphatic rings. The van der Waals surface area contributed by atoms with Crippen molar-refractivity contribution in [3.63, 3.8) is 0 Å². The zero-order valence-electron chi connectivity index (χ0n) is 11.7. The Bertz CT molecular complexity index is 511. The molecule has 0 unspecified atom stereocenters. The molecule has 0 bridgehead atoms. The van der Waals surface area contributed by atoms with E-state index in [0.717, 1.165) is 6.07 Å². The average Bonchev–Trinajstić information content (AvgIpc) is 2.27. The lowest BCUT2D eigenvalue weighted by Gasteiger charge is -2.39. The summed E-state index contributed by atoms with van der Waals surface area (Å²) >= 11 is 0. The first kappa shape index (κ1) is 16.3. The summed E-state index contributed by atoms with van der Waals surface area (Å²) in [7, 11) is 0. The van der Waals surface area contributed by atoms with Crippen molar-refractivity contribution in [1.82, 2.24) is 4.98 Å². The third-order valence-electron chi connectivity index (χ3n) is 3.58. The molecule has 0 atom stereocenters. The monoisotopic (exact) mass is 290 g/mol. The number of nitrogens with zero attached hydrogens (tertiary/aromatic N) is 1. The lowest BCUT2D eigenvalue weighted by atomic mass is 9.74. The van der Waals surface area contributed by atoms with E-state index in [-0.39, 0.29) is 5.82 Å². The number of pyridine rings is 1. The molecule has 7 heteroatoms. The molecule has 112 valence electrons. The van der Waals surface area contributed by atoms with Crippen LogP contribution < -0.4 is 5.32 Å². The summed E-state index contributed by atoms with van der Waals surface area (Å²) in [5.74, 6) is -1.07. The maximum atomic E-state index is 12.6. The summed E-state index contributed by atoms with van der Waals surface area (Å²) in [5.41, 5.74) is -3.20. The molecule has 1 heterocycles. The number of aromatic nitrogens is 1. The molecule has 0 fully saturated rings. The summed E-state index contributed by atoms with van der Waals surface area (Å²) < 4.78 is 37.7. The molecule has 0 aliphatic carbocycles. The second-order valence-electron chi connectivity index (χ2n) is 5.59. The Morgan fingerprint density at radius 3 is 2.20 bits per heavy atom. The SMILES string of the molecule is CC(C)(Nc1cccc(C(F)(F)F)n1)C(C)(C)C(=O)O. The number of carbonyl (C=O) groups is 1. The highest BCUT2D eigenvalue weighted by atomic mass is 19.4. The highest BCUT2D eigenvalue weighted by Gasteiger charge is 2.44. The van der Waals surface area contributed by atoms with Crippen LogP contribution in [0, 0.1) is 5.41 Å². The Balaban J connectivity index is 3.08. The first-order valence-corrected chi connectivity index (χ1v) is 5.94.